The van der Waals surface area contributed by atoms with Crippen LogP contribution in [0.2, 0.25) is 0 Å². The summed E-state index contributed by atoms with van der Waals surface area (Å²) in [4.78, 5) is 0. The van der Waals surface area contributed by atoms with Crippen LogP contribution in [0, 0.1) is 13.8 Å². The van der Waals surface area contributed by atoms with Crippen LogP contribution in [0.15, 0.2) is 121 Å². The predicted octanol–water partition coefficient (Wildman–Crippen LogP) is 9.96. The Morgan fingerprint density at radius 2 is 1.24 bits per heavy atom. The molecule has 0 N–H and O–H groups in total. The first kappa shape index (κ1) is 33.1. The first-order valence-electron chi connectivity index (χ1n) is 16.2. The van der Waals surface area contributed by atoms with Crippen LogP contribution in [0.3, 0.4) is 0 Å². The lowest BCUT2D eigenvalue weighted by molar-refractivity contribution is 0.297. The van der Waals surface area contributed by atoms with Gasteiger partial charge in [-0.2, -0.15) is 0 Å². The van der Waals surface area contributed by atoms with Gasteiger partial charge in [-0.1, -0.05) is 171 Å². The number of benzene rings is 5. The molecule has 0 bridgehead atoms. The van der Waals surface area contributed by atoms with E-state index in [2.05, 4.69) is 170 Å². The van der Waals surface area contributed by atoms with Crippen molar-refractivity contribution in [2.24, 2.45) is 0 Å². The van der Waals surface area contributed by atoms with Crippen LogP contribution in [0.1, 0.15) is 75.3 Å². The summed E-state index contributed by atoms with van der Waals surface area (Å²) >= 11 is 0. The first-order valence-corrected chi connectivity index (χ1v) is 18.6. The number of aryl methyl sites for hydroxylation is 2. The van der Waals surface area contributed by atoms with Gasteiger partial charge in [0.05, 0.1) is 0 Å². The standard InChI is InChI=1S/C42H48OP2/c1-8-27-42(7,37-29-34(41(4,5)6)28-32(3)39(37)43-30-33-20-12-9-13-21-33)44-40-31(2)19-18-26-38(40)45(35-22-14-10-15-23-35)36-24-16-11-17-25-36/h9-26,28-29,44H,8,27,30H2,1-7H3. The lowest BCUT2D eigenvalue weighted by Crippen LogP contribution is -2.33. The van der Waals surface area contributed by atoms with Crippen LogP contribution >= 0.6 is 16.5 Å². The number of hydrogen-bond donors (Lipinski definition) is 0. The Balaban J connectivity index is 1.67. The zero-order chi connectivity index (χ0) is 32.0. The molecule has 0 heterocycles. The van der Waals surface area contributed by atoms with E-state index < -0.39 is 7.92 Å². The van der Waals surface area contributed by atoms with Gasteiger partial charge >= 0.3 is 0 Å². The van der Waals surface area contributed by atoms with Crippen LogP contribution in [-0.4, -0.2) is 0 Å². The van der Waals surface area contributed by atoms with Crippen molar-refractivity contribution >= 4 is 37.7 Å². The highest BCUT2D eigenvalue weighted by molar-refractivity contribution is 7.81. The van der Waals surface area contributed by atoms with Crippen LogP contribution in [0.4, 0.5) is 0 Å². The summed E-state index contributed by atoms with van der Waals surface area (Å²) in [6.07, 6.45) is 2.19. The maximum Gasteiger partial charge on any atom is 0.126 e. The summed E-state index contributed by atoms with van der Waals surface area (Å²) in [5.41, 5.74) is 6.55. The van der Waals surface area contributed by atoms with E-state index in [9.17, 15) is 0 Å². The summed E-state index contributed by atoms with van der Waals surface area (Å²) in [7, 11) is -0.121. The molecule has 0 fully saturated rings. The molecule has 2 unspecified atom stereocenters. The van der Waals surface area contributed by atoms with Crippen molar-refractivity contribution in [2.75, 3.05) is 0 Å². The minimum Gasteiger partial charge on any atom is -0.488 e. The molecule has 232 valence electrons. The van der Waals surface area contributed by atoms with Crippen LogP contribution in [-0.2, 0) is 17.2 Å². The third-order valence-electron chi connectivity index (χ3n) is 8.63. The molecule has 0 saturated heterocycles. The van der Waals surface area contributed by atoms with Gasteiger partial charge in [0.15, 0.2) is 0 Å². The summed E-state index contributed by atoms with van der Waals surface area (Å²) in [6.45, 7) is 16.9. The molecule has 45 heavy (non-hydrogen) atoms. The Morgan fingerprint density at radius 3 is 1.80 bits per heavy atom. The van der Waals surface area contributed by atoms with Crippen molar-refractivity contribution in [1.82, 2.24) is 0 Å². The smallest absolute Gasteiger partial charge is 0.126 e. The molecule has 0 spiro atoms. The molecule has 0 aliphatic carbocycles. The Kier molecular flexibility index (Phi) is 10.6. The molecule has 0 amide bonds. The Bertz CT molecular complexity index is 1650. The number of ether oxygens (including phenoxy) is 1. The Hall–Kier alpha value is -3.24. The topological polar surface area (TPSA) is 9.23 Å². The fraction of sp³-hybridized carbons (Fsp3) is 0.286. The Morgan fingerprint density at radius 1 is 0.667 bits per heavy atom. The molecule has 0 aliphatic rings. The van der Waals surface area contributed by atoms with E-state index in [0.717, 1.165) is 18.6 Å². The summed E-state index contributed by atoms with van der Waals surface area (Å²) < 4.78 is 6.81. The van der Waals surface area contributed by atoms with Gasteiger partial charge in [0, 0.05) is 10.7 Å². The van der Waals surface area contributed by atoms with Gasteiger partial charge in [-0.25, -0.2) is 0 Å². The van der Waals surface area contributed by atoms with Gasteiger partial charge < -0.3 is 4.74 Å². The number of rotatable bonds is 11. The second kappa shape index (κ2) is 14.5. The molecule has 0 aliphatic heterocycles. The van der Waals surface area contributed by atoms with Crippen LogP contribution < -0.4 is 26.0 Å². The fourth-order valence-electron chi connectivity index (χ4n) is 6.16. The highest BCUT2D eigenvalue weighted by Crippen LogP contribution is 2.51. The predicted molar refractivity (Wildman–Crippen MR) is 201 cm³/mol. The maximum absolute atomic E-state index is 6.81. The second-order valence-corrected chi connectivity index (χ2v) is 17.4. The van der Waals surface area contributed by atoms with Crippen molar-refractivity contribution in [3.05, 3.63) is 149 Å². The highest BCUT2D eigenvalue weighted by Gasteiger charge is 2.34. The van der Waals surface area contributed by atoms with Crippen molar-refractivity contribution in [2.45, 2.75) is 78.5 Å². The quantitative estimate of drug-likeness (QED) is 0.132. The lowest BCUT2D eigenvalue weighted by atomic mass is 9.82. The van der Waals surface area contributed by atoms with E-state index in [0.29, 0.717) is 15.2 Å². The zero-order valence-electron chi connectivity index (χ0n) is 28.0. The third kappa shape index (κ3) is 7.77. The lowest BCUT2D eigenvalue weighted by Gasteiger charge is -2.36. The minimum absolute atomic E-state index is 0.0382. The first-order chi connectivity index (χ1) is 21.6. The third-order valence-corrected chi connectivity index (χ3v) is 13.3. The monoisotopic (exact) mass is 630 g/mol. The summed E-state index contributed by atoms with van der Waals surface area (Å²) in [5.74, 6) is 1.05. The SMILES string of the molecule is CCCC(C)(Pc1c(C)cccc1P(c1ccccc1)c1ccccc1)c1cc(C(C)(C)C)cc(C)c1OCc1ccccc1. The van der Waals surface area contributed by atoms with Gasteiger partial charge in [-0.05, 0) is 77.1 Å². The van der Waals surface area contributed by atoms with Gasteiger partial charge in [0.2, 0.25) is 0 Å². The molecule has 5 rings (SSSR count). The molecule has 0 radical (unpaired) electrons. The largest absolute Gasteiger partial charge is 0.488 e. The second-order valence-electron chi connectivity index (χ2n) is 13.4. The normalized spacial score (nSPS) is 13.3. The fourth-order valence-corrected chi connectivity index (χ4v) is 10.8. The molecule has 1 nitrogen and oxygen atoms in total. The van der Waals surface area contributed by atoms with Gasteiger partial charge in [-0.3, -0.25) is 0 Å². The molecule has 0 aromatic heterocycles. The van der Waals surface area contributed by atoms with Crippen molar-refractivity contribution in [3.8, 4) is 5.75 Å². The molecule has 5 aromatic carbocycles. The maximum atomic E-state index is 6.81. The molecular formula is C42H48OP2. The van der Waals surface area contributed by atoms with E-state index >= 15 is 0 Å². The van der Waals surface area contributed by atoms with E-state index in [-0.39, 0.29) is 10.6 Å². The summed E-state index contributed by atoms with van der Waals surface area (Å²) in [5, 5.41) is 5.66. The van der Waals surface area contributed by atoms with Crippen molar-refractivity contribution < 1.29 is 4.74 Å². The van der Waals surface area contributed by atoms with Crippen LogP contribution in [0.5, 0.6) is 5.75 Å². The molecule has 2 atom stereocenters. The zero-order valence-corrected chi connectivity index (χ0v) is 29.9. The molecule has 0 saturated carbocycles. The van der Waals surface area contributed by atoms with E-state index in [1.165, 1.54) is 49.0 Å². The molecular weight excluding hydrogens is 582 g/mol. The van der Waals surface area contributed by atoms with E-state index in [1.54, 1.807) is 0 Å². The van der Waals surface area contributed by atoms with E-state index in [1.807, 2.05) is 0 Å². The highest BCUT2D eigenvalue weighted by atomic mass is 31.1. The average molecular weight is 631 g/mol. The van der Waals surface area contributed by atoms with Gasteiger partial charge in [-0.15, -0.1) is 0 Å². The van der Waals surface area contributed by atoms with Crippen molar-refractivity contribution in [1.29, 1.82) is 0 Å². The average Bonchev–Trinajstić information content (AvgIpc) is 3.03. The molecule has 3 heteroatoms. The Labute approximate surface area is 275 Å². The number of hydrogen-bond acceptors (Lipinski definition) is 1. The van der Waals surface area contributed by atoms with Gasteiger partial charge in [0.25, 0.3) is 0 Å². The minimum atomic E-state index is -0.714. The van der Waals surface area contributed by atoms with Crippen molar-refractivity contribution in [3.63, 3.8) is 0 Å². The van der Waals surface area contributed by atoms with Gasteiger partial charge in [0.1, 0.15) is 12.4 Å². The van der Waals surface area contributed by atoms with Crippen LogP contribution in [0.25, 0.3) is 0 Å². The van der Waals surface area contributed by atoms with E-state index in [4.69, 9.17) is 4.74 Å². The molecule has 5 aromatic rings. The summed E-state index contributed by atoms with van der Waals surface area (Å²) in [6, 6.07) is 44.6.